The Labute approximate surface area is 236 Å². The van der Waals surface area contributed by atoms with Gasteiger partial charge in [0.2, 0.25) is 0 Å². The van der Waals surface area contributed by atoms with Gasteiger partial charge in [-0.15, -0.1) is 0 Å². The number of benzene rings is 4. The highest BCUT2D eigenvalue weighted by Crippen LogP contribution is 2.76. The van der Waals surface area contributed by atoms with E-state index < -0.39 is 0 Å². The van der Waals surface area contributed by atoms with E-state index in [1.54, 1.807) is 5.57 Å². The molecule has 0 nitrogen and oxygen atoms in total. The Morgan fingerprint density at radius 3 is 2.42 bits per heavy atom. The lowest BCUT2D eigenvalue weighted by Crippen LogP contribution is -2.30. The standard InChI is InChI=1S/C40H30/c1-2-12-28-23-30(21-20-27(28)11-1)38-31-14-9-10-22-39(25-31)26-40(39,36-19-8-7-18-35(36)38)37-24-29-13-3-4-15-32(29)33-16-5-6-17-34(33)37/h1-24,33-34H,25-26H2. The lowest BCUT2D eigenvalue weighted by Gasteiger charge is -2.39. The molecule has 0 saturated heterocycles. The fourth-order valence-corrected chi connectivity index (χ4v) is 8.54. The minimum atomic E-state index is -0.0259. The number of hydrogen-bond donors (Lipinski definition) is 0. The van der Waals surface area contributed by atoms with Gasteiger partial charge in [0.1, 0.15) is 0 Å². The highest BCUT2D eigenvalue weighted by molar-refractivity contribution is 5.93. The molecule has 4 aromatic carbocycles. The van der Waals surface area contributed by atoms with Gasteiger partial charge in [0.15, 0.2) is 0 Å². The second-order valence-electron chi connectivity index (χ2n) is 12.2. The molecule has 0 heterocycles. The van der Waals surface area contributed by atoms with Gasteiger partial charge in [-0.3, -0.25) is 0 Å². The molecule has 4 atom stereocenters. The first-order chi connectivity index (χ1) is 19.8. The van der Waals surface area contributed by atoms with Crippen molar-refractivity contribution in [2.24, 2.45) is 11.3 Å². The maximum atomic E-state index is 2.57. The van der Waals surface area contributed by atoms with Crippen LogP contribution in [-0.4, -0.2) is 0 Å². The molecule has 1 saturated carbocycles. The Balaban J connectivity index is 1.32. The Hall–Kier alpha value is -4.42. The molecule has 0 radical (unpaired) electrons. The average Bonchev–Trinajstić information content (AvgIpc) is 3.73. The Morgan fingerprint density at radius 1 is 0.675 bits per heavy atom. The van der Waals surface area contributed by atoms with E-state index in [0.29, 0.717) is 11.8 Å². The molecular formula is C40H30. The maximum Gasteiger partial charge on any atom is 0.0280 e. The largest absolute Gasteiger partial charge is 0.0767 e. The maximum absolute atomic E-state index is 2.57. The summed E-state index contributed by atoms with van der Waals surface area (Å²) < 4.78 is 0. The van der Waals surface area contributed by atoms with Crippen molar-refractivity contribution in [2.45, 2.75) is 24.2 Å². The third kappa shape index (κ3) is 2.91. The van der Waals surface area contributed by atoms with Crippen molar-refractivity contribution in [1.29, 1.82) is 0 Å². The van der Waals surface area contributed by atoms with Crippen LogP contribution in [-0.2, 0) is 5.41 Å². The van der Waals surface area contributed by atoms with E-state index in [1.807, 2.05) is 0 Å². The number of hydrogen-bond acceptors (Lipinski definition) is 0. The molecule has 1 spiro atoms. The molecule has 0 aromatic heterocycles. The van der Waals surface area contributed by atoms with Crippen LogP contribution in [0.1, 0.15) is 46.6 Å². The molecule has 0 aliphatic heterocycles. The van der Waals surface area contributed by atoms with Crippen molar-refractivity contribution < 1.29 is 0 Å². The first-order valence-electron chi connectivity index (χ1n) is 14.6. The van der Waals surface area contributed by atoms with Crippen LogP contribution >= 0.6 is 0 Å². The van der Waals surface area contributed by atoms with Gasteiger partial charge in [-0.1, -0.05) is 145 Å². The lowest BCUT2D eigenvalue weighted by atomic mass is 9.64. The van der Waals surface area contributed by atoms with Crippen LogP contribution in [0.5, 0.6) is 0 Å². The fraction of sp³-hybridized carbons (Fsp3) is 0.150. The minimum absolute atomic E-state index is 0.0259. The van der Waals surface area contributed by atoms with E-state index in [-0.39, 0.29) is 10.8 Å². The molecule has 40 heavy (non-hydrogen) atoms. The molecule has 5 aliphatic rings. The molecule has 5 aliphatic carbocycles. The molecule has 4 unspecified atom stereocenters. The monoisotopic (exact) mass is 510 g/mol. The van der Waals surface area contributed by atoms with Crippen LogP contribution in [0.15, 0.2) is 151 Å². The Morgan fingerprint density at radius 2 is 1.48 bits per heavy atom. The zero-order chi connectivity index (χ0) is 26.3. The highest BCUT2D eigenvalue weighted by Gasteiger charge is 2.70. The number of allylic oxidation sites excluding steroid dienone is 10. The van der Waals surface area contributed by atoms with E-state index in [2.05, 4.69) is 146 Å². The summed E-state index contributed by atoms with van der Waals surface area (Å²) in [5, 5.41) is 2.59. The van der Waals surface area contributed by atoms with Crippen molar-refractivity contribution in [2.75, 3.05) is 0 Å². The van der Waals surface area contributed by atoms with Crippen LogP contribution < -0.4 is 0 Å². The summed E-state index contributed by atoms with van der Waals surface area (Å²) in [7, 11) is 0. The SMILES string of the molecule is C1=CC2=C(c3ccc4ccccc4c3)c3ccccc3C3(C4=Cc5ccccc5C5C=CC=CC45)CC3(C=C1)C2. The zero-order valence-corrected chi connectivity index (χ0v) is 22.4. The van der Waals surface area contributed by atoms with Crippen molar-refractivity contribution in [3.8, 4) is 0 Å². The summed E-state index contributed by atoms with van der Waals surface area (Å²) in [4.78, 5) is 0. The quantitative estimate of drug-likeness (QED) is 0.252. The van der Waals surface area contributed by atoms with Crippen LogP contribution in [0.3, 0.4) is 0 Å². The average molecular weight is 511 g/mol. The molecule has 2 bridgehead atoms. The predicted molar refractivity (Wildman–Crippen MR) is 167 cm³/mol. The third-order valence-electron chi connectivity index (χ3n) is 10.3. The van der Waals surface area contributed by atoms with Crippen molar-refractivity contribution in [3.05, 3.63) is 179 Å². The van der Waals surface area contributed by atoms with E-state index in [9.17, 15) is 0 Å². The van der Waals surface area contributed by atoms with E-state index >= 15 is 0 Å². The highest BCUT2D eigenvalue weighted by atomic mass is 14.7. The Bertz CT molecular complexity index is 1920. The summed E-state index contributed by atoms with van der Waals surface area (Å²) in [6.07, 6.45) is 23.7. The lowest BCUT2D eigenvalue weighted by molar-refractivity contribution is 0.504. The summed E-state index contributed by atoms with van der Waals surface area (Å²) in [5.74, 6) is 0.770. The molecule has 0 N–H and O–H groups in total. The molecular weight excluding hydrogens is 480 g/mol. The second-order valence-corrected chi connectivity index (χ2v) is 12.2. The molecule has 4 aromatic rings. The summed E-state index contributed by atoms with van der Waals surface area (Å²) in [6, 6.07) is 34.1. The zero-order valence-electron chi connectivity index (χ0n) is 22.4. The number of rotatable bonds is 2. The van der Waals surface area contributed by atoms with Gasteiger partial charge >= 0.3 is 0 Å². The topological polar surface area (TPSA) is 0 Å². The van der Waals surface area contributed by atoms with Crippen LogP contribution in [0.25, 0.3) is 22.4 Å². The molecule has 0 heteroatoms. The Kier molecular flexibility index (Phi) is 4.51. The van der Waals surface area contributed by atoms with E-state index in [4.69, 9.17) is 0 Å². The second kappa shape index (κ2) is 8.05. The molecule has 1 fully saturated rings. The first-order valence-corrected chi connectivity index (χ1v) is 14.6. The third-order valence-corrected chi connectivity index (χ3v) is 10.3. The molecule has 0 amide bonds. The van der Waals surface area contributed by atoms with Crippen molar-refractivity contribution in [1.82, 2.24) is 0 Å². The molecule has 9 rings (SSSR count). The van der Waals surface area contributed by atoms with Gasteiger partial charge in [0.05, 0.1) is 0 Å². The summed E-state index contributed by atoms with van der Waals surface area (Å²) in [5.41, 5.74) is 11.6. The van der Waals surface area contributed by atoms with Gasteiger partial charge in [-0.2, -0.15) is 0 Å². The minimum Gasteiger partial charge on any atom is -0.0767 e. The van der Waals surface area contributed by atoms with Crippen molar-refractivity contribution >= 4 is 22.4 Å². The summed E-state index contributed by atoms with van der Waals surface area (Å²) >= 11 is 0. The number of fused-ring (bicyclic) bond motifs is 7. The fourth-order valence-electron chi connectivity index (χ4n) is 8.54. The van der Waals surface area contributed by atoms with Crippen LogP contribution in [0.4, 0.5) is 0 Å². The van der Waals surface area contributed by atoms with Crippen molar-refractivity contribution in [3.63, 3.8) is 0 Å². The van der Waals surface area contributed by atoms with Crippen LogP contribution in [0, 0.1) is 11.3 Å². The normalized spacial score (nSPS) is 28.6. The van der Waals surface area contributed by atoms with Crippen LogP contribution in [0.2, 0.25) is 0 Å². The predicted octanol–water partition coefficient (Wildman–Crippen LogP) is 9.72. The van der Waals surface area contributed by atoms with Gasteiger partial charge < -0.3 is 0 Å². The van der Waals surface area contributed by atoms with E-state index in [1.165, 1.54) is 56.2 Å². The van der Waals surface area contributed by atoms with Gasteiger partial charge in [-0.25, -0.2) is 0 Å². The van der Waals surface area contributed by atoms with Gasteiger partial charge in [0, 0.05) is 22.7 Å². The summed E-state index contributed by atoms with van der Waals surface area (Å²) in [6.45, 7) is 0. The van der Waals surface area contributed by atoms with Gasteiger partial charge in [-0.05, 0) is 68.6 Å². The van der Waals surface area contributed by atoms with E-state index in [0.717, 1.165) is 6.42 Å². The van der Waals surface area contributed by atoms with Gasteiger partial charge in [0.25, 0.3) is 0 Å². The smallest absolute Gasteiger partial charge is 0.0280 e. The first kappa shape index (κ1) is 22.4. The molecule has 190 valence electrons.